The predicted octanol–water partition coefficient (Wildman–Crippen LogP) is 6.10. The molecule has 13 rings (SSSR count). The van der Waals surface area contributed by atoms with Crippen LogP contribution in [0, 0.1) is 5.92 Å². The number of aromatic carboxylic acids is 1. The van der Waals surface area contributed by atoms with E-state index in [1.54, 1.807) is 128 Å². The number of hydrogen-bond acceptors (Lipinski definition) is 27. The molecule has 8 heterocycles. The average molecular weight is 1400 g/mol. The number of fused-ring (bicyclic) bond motifs is 2. The van der Waals surface area contributed by atoms with Crippen LogP contribution in [0.5, 0.6) is 0 Å². The standard InChI is InChI=1S/C28H26N8O3S.C27H31N9O3S.C13H8N6O2/c1-36(2)23-9-3-8-22-21(23)7-4-10-24(22)40(38,39)18-6-17-31-28(37)20-13-11-19(12-14-20)25-32-34-27(35-33-25)26-29-15-5-16-30-26;37-21(6-2-1-5-20-23-19(16-40-20)15-22(38)32-23)28-11-3-14-31-27(39)18-9-7-17(8-10-18)24-33-35-26(36-34-24)25-29-12-4-13-30-25;20-13(21)9-4-2-8(3-5-9)10-16-18-12(19-17-10)11-14-6-1-7-15-11/h3-5,7-16H,6,17-18H2,1-2H3,(H,31,37);4,7-10,12-13,19-20,23H,1-3,5-6,11,14-16H2,(H,28,37)(H,31,39)(H,32,38);1-7H,(H,20,21). The number of benzene rings is 5. The molecule has 101 heavy (non-hydrogen) atoms. The van der Waals surface area contributed by atoms with Gasteiger partial charge < -0.3 is 31.3 Å². The lowest BCUT2D eigenvalue weighted by Crippen LogP contribution is -2.34. The first-order valence-corrected chi connectivity index (χ1v) is 34.6. The fourth-order valence-electron chi connectivity index (χ4n) is 10.7. The van der Waals surface area contributed by atoms with Crippen molar-refractivity contribution in [2.75, 3.05) is 50.1 Å². The lowest BCUT2D eigenvalue weighted by atomic mass is 9.97. The number of carbonyl (C=O) groups excluding carboxylic acids is 4. The smallest absolute Gasteiger partial charge is 0.335 e. The molecule has 0 radical (unpaired) electrons. The van der Waals surface area contributed by atoms with Crippen LogP contribution in [0.1, 0.15) is 76.0 Å². The molecule has 11 aromatic rings. The van der Waals surface area contributed by atoms with Gasteiger partial charge >= 0.3 is 5.97 Å². The summed E-state index contributed by atoms with van der Waals surface area (Å²) in [5.74, 6) is 2.76. The van der Waals surface area contributed by atoms with Gasteiger partial charge in [-0.05, 0) is 104 Å². The van der Waals surface area contributed by atoms with Gasteiger partial charge in [-0.2, -0.15) is 11.8 Å². The number of hydrogen-bond donors (Lipinski definition) is 5. The maximum absolute atomic E-state index is 13.2. The number of nitrogens with one attached hydrogen (secondary N) is 4. The van der Waals surface area contributed by atoms with E-state index in [1.165, 1.54) is 12.1 Å². The van der Waals surface area contributed by atoms with Gasteiger partial charge in [-0.3, -0.25) is 19.2 Å². The number of carboxylic acids is 1. The Kier molecular flexibility index (Phi) is 23.6. The Morgan fingerprint density at radius 3 is 1.39 bits per heavy atom. The molecule has 512 valence electrons. The zero-order valence-corrected chi connectivity index (χ0v) is 56.1. The average Bonchev–Trinajstić information content (AvgIpc) is 1.45. The number of sulfone groups is 1. The Morgan fingerprint density at radius 2 is 0.921 bits per heavy atom. The minimum atomic E-state index is -3.55. The van der Waals surface area contributed by atoms with E-state index in [9.17, 15) is 32.4 Å². The highest BCUT2D eigenvalue weighted by molar-refractivity contribution is 8.00. The third kappa shape index (κ3) is 18.8. The van der Waals surface area contributed by atoms with Gasteiger partial charge in [-0.25, -0.2) is 43.1 Å². The van der Waals surface area contributed by atoms with E-state index in [-0.39, 0.29) is 65.4 Å². The third-order valence-electron chi connectivity index (χ3n) is 15.8. The van der Waals surface area contributed by atoms with Crippen molar-refractivity contribution >= 4 is 67.7 Å². The van der Waals surface area contributed by atoms with Crippen molar-refractivity contribution in [2.45, 2.75) is 61.1 Å². The summed E-state index contributed by atoms with van der Waals surface area (Å²) < 4.78 is 26.3. The van der Waals surface area contributed by atoms with Crippen LogP contribution in [0.4, 0.5) is 5.69 Å². The molecule has 2 aliphatic heterocycles. The van der Waals surface area contributed by atoms with Gasteiger partial charge in [-0.1, -0.05) is 67.1 Å². The van der Waals surface area contributed by atoms with Gasteiger partial charge in [0, 0.05) is 139 Å². The van der Waals surface area contributed by atoms with Gasteiger partial charge in [0.1, 0.15) is 0 Å². The maximum atomic E-state index is 13.2. The molecule has 0 spiro atoms. The highest BCUT2D eigenvalue weighted by Crippen LogP contribution is 2.39. The van der Waals surface area contributed by atoms with Crippen molar-refractivity contribution in [3.63, 3.8) is 0 Å². The first kappa shape index (κ1) is 70.2. The van der Waals surface area contributed by atoms with Gasteiger partial charge in [0.05, 0.1) is 16.2 Å². The van der Waals surface area contributed by atoms with E-state index in [2.05, 4.69) is 112 Å². The van der Waals surface area contributed by atoms with Crippen LogP contribution < -0.4 is 26.2 Å². The lowest BCUT2D eigenvalue weighted by molar-refractivity contribution is -0.121. The molecule has 5 N–H and O–H groups in total. The number of carboxylic acid groups (broad SMARTS) is 1. The van der Waals surface area contributed by atoms with Crippen molar-refractivity contribution in [3.05, 3.63) is 181 Å². The van der Waals surface area contributed by atoms with Gasteiger partial charge in [-0.15, -0.1) is 61.2 Å². The molecule has 0 aliphatic carbocycles. The first-order chi connectivity index (χ1) is 49.1. The van der Waals surface area contributed by atoms with Crippen molar-refractivity contribution in [2.24, 2.45) is 5.92 Å². The number of anilines is 1. The van der Waals surface area contributed by atoms with E-state index < -0.39 is 15.8 Å². The first-order valence-electron chi connectivity index (χ1n) is 31.9. The summed E-state index contributed by atoms with van der Waals surface area (Å²) in [6.45, 7) is 1.18. The molecule has 5 aromatic carbocycles. The molecule has 31 nitrogen and oxygen atoms in total. The van der Waals surface area contributed by atoms with Crippen LogP contribution in [-0.2, 0) is 19.4 Å². The molecule has 2 saturated heterocycles. The van der Waals surface area contributed by atoms with Crippen LogP contribution in [0.2, 0.25) is 0 Å². The van der Waals surface area contributed by atoms with E-state index in [0.29, 0.717) is 123 Å². The highest BCUT2D eigenvalue weighted by atomic mass is 32.2. The van der Waals surface area contributed by atoms with Crippen LogP contribution in [0.3, 0.4) is 0 Å². The Balaban J connectivity index is 0.000000160. The fourth-order valence-corrected chi connectivity index (χ4v) is 13.9. The summed E-state index contributed by atoms with van der Waals surface area (Å²) in [7, 11) is 0.296. The van der Waals surface area contributed by atoms with Gasteiger partial charge in [0.25, 0.3) is 11.8 Å². The number of aromatic nitrogens is 18. The molecular weight excluding hydrogens is 1330 g/mol. The van der Waals surface area contributed by atoms with Crippen molar-refractivity contribution in [1.82, 2.24) is 112 Å². The minimum absolute atomic E-state index is 0.0311. The summed E-state index contributed by atoms with van der Waals surface area (Å²) in [4.78, 5) is 86.1. The van der Waals surface area contributed by atoms with E-state index >= 15 is 0 Å². The minimum Gasteiger partial charge on any atom is -0.478 e. The molecule has 33 heteroatoms. The molecule has 6 aromatic heterocycles. The molecule has 3 unspecified atom stereocenters. The Morgan fingerprint density at radius 1 is 0.495 bits per heavy atom. The van der Waals surface area contributed by atoms with Crippen LogP contribution in [0.25, 0.3) is 79.9 Å². The topological polar surface area (TPSA) is 423 Å². The van der Waals surface area contributed by atoms with E-state index in [0.717, 1.165) is 36.1 Å². The van der Waals surface area contributed by atoms with Crippen LogP contribution in [0.15, 0.2) is 169 Å². The van der Waals surface area contributed by atoms with Crippen molar-refractivity contribution in [1.29, 1.82) is 0 Å². The summed E-state index contributed by atoms with van der Waals surface area (Å²) >= 11 is 1.95. The number of rotatable bonds is 24. The molecule has 2 aliphatic rings. The molecule has 0 bridgehead atoms. The molecular formula is C68H65N23O8S2. The van der Waals surface area contributed by atoms with Crippen molar-refractivity contribution < 1.29 is 37.5 Å². The van der Waals surface area contributed by atoms with Gasteiger partial charge in [0.2, 0.25) is 64.2 Å². The fraction of sp³-hybridized carbons (Fsp3) is 0.250. The highest BCUT2D eigenvalue weighted by Gasteiger charge is 2.42. The molecule has 3 atom stereocenters. The maximum Gasteiger partial charge on any atom is 0.335 e. The summed E-state index contributed by atoms with van der Waals surface area (Å²) in [5, 5.41) is 70.7. The number of carbonyl (C=O) groups is 5. The SMILES string of the molecule is CN(C)c1cccc2c(S(=O)(=O)CCCNC(=O)c3ccc(-c4nnc(-c5ncccn5)nn4)cc3)cccc12.O=C(CCCCC1SCC2CC(=O)NC21)NCCCNC(=O)c1ccc(-c2nnc(-c3ncccn3)nn2)cc1.O=C(O)c1ccc(-c2nnc(-c3ncccn3)nn2)cc1. The second-order valence-corrected chi connectivity index (χ2v) is 26.3. The number of thioether (sulfide) groups is 1. The monoisotopic (exact) mass is 1400 g/mol. The van der Waals surface area contributed by atoms with E-state index in [1.807, 2.05) is 55.0 Å². The molecule has 4 amide bonds. The predicted molar refractivity (Wildman–Crippen MR) is 371 cm³/mol. The molecule has 2 fully saturated rings. The summed E-state index contributed by atoms with van der Waals surface area (Å²) in [6, 6.07) is 36.0. The largest absolute Gasteiger partial charge is 0.478 e. The number of amides is 4. The quantitative estimate of drug-likeness (QED) is 0.0426. The second-order valence-electron chi connectivity index (χ2n) is 23.0. The lowest BCUT2D eigenvalue weighted by Gasteiger charge is -2.17. The Labute approximate surface area is 582 Å². The van der Waals surface area contributed by atoms with Crippen LogP contribution in [-0.4, -0.2) is 191 Å². The Bertz CT molecular complexity index is 4740. The molecule has 0 saturated carbocycles. The van der Waals surface area contributed by atoms with E-state index in [4.69, 9.17) is 5.11 Å². The summed E-state index contributed by atoms with van der Waals surface area (Å²) in [6.07, 6.45) is 14.4. The summed E-state index contributed by atoms with van der Waals surface area (Å²) in [5.41, 5.74) is 4.01. The van der Waals surface area contributed by atoms with Crippen molar-refractivity contribution in [3.8, 4) is 69.1 Å². The third-order valence-corrected chi connectivity index (χ3v) is 19.2. The zero-order chi connectivity index (χ0) is 70.5. The van der Waals surface area contributed by atoms with Gasteiger partial charge in [0.15, 0.2) is 9.84 Å². The second kappa shape index (κ2) is 33.9. The number of unbranched alkanes of at least 4 members (excludes halogenated alkanes) is 1. The van der Waals surface area contributed by atoms with Crippen LogP contribution >= 0.6 is 11.8 Å². The zero-order valence-electron chi connectivity index (χ0n) is 54.4. The normalized spacial score (nSPS) is 14.4. The Hall–Kier alpha value is -12.1. The number of nitrogens with zero attached hydrogens (tertiary/aromatic N) is 19.